The van der Waals surface area contributed by atoms with E-state index in [2.05, 4.69) is 9.88 Å². The second-order valence-corrected chi connectivity index (χ2v) is 9.01. The zero-order chi connectivity index (χ0) is 20.6. The molecule has 1 aromatic carbocycles. The minimum absolute atomic E-state index is 0.0224. The van der Waals surface area contributed by atoms with Crippen molar-refractivity contribution >= 4 is 22.9 Å². The summed E-state index contributed by atoms with van der Waals surface area (Å²) in [5.41, 5.74) is 0.634. The maximum atomic E-state index is 11.4. The molecule has 29 heavy (non-hydrogen) atoms. The van der Waals surface area contributed by atoms with Gasteiger partial charge in [0.05, 0.1) is 26.3 Å². The summed E-state index contributed by atoms with van der Waals surface area (Å²) in [7, 11) is 1.63. The lowest BCUT2D eigenvalue weighted by molar-refractivity contribution is -0.117. The van der Waals surface area contributed by atoms with Crippen LogP contribution in [0.2, 0.25) is 0 Å². The van der Waals surface area contributed by atoms with Crippen molar-refractivity contribution in [3.05, 3.63) is 35.3 Å². The van der Waals surface area contributed by atoms with Gasteiger partial charge in [0.2, 0.25) is 6.41 Å². The number of thiazole rings is 1. The average molecular weight is 418 g/mol. The summed E-state index contributed by atoms with van der Waals surface area (Å²) < 4.78 is 11.8. The fourth-order valence-electron chi connectivity index (χ4n) is 4.27. The number of carbonyl (C=O) groups is 1. The number of ether oxygens (including phenoxy) is 2. The van der Waals surface area contributed by atoms with Crippen molar-refractivity contribution in [3.63, 3.8) is 0 Å². The van der Waals surface area contributed by atoms with Crippen molar-refractivity contribution < 1.29 is 19.4 Å². The summed E-state index contributed by atoms with van der Waals surface area (Å²) >= 11 is 1.62. The van der Waals surface area contributed by atoms with Crippen LogP contribution in [0.25, 0.3) is 0 Å². The van der Waals surface area contributed by atoms with E-state index >= 15 is 0 Å². The molecule has 4 rings (SSSR count). The van der Waals surface area contributed by atoms with Crippen LogP contribution >= 0.6 is 11.3 Å². The van der Waals surface area contributed by atoms with Gasteiger partial charge < -0.3 is 24.4 Å². The van der Waals surface area contributed by atoms with Crippen LogP contribution in [0, 0.1) is 5.41 Å². The largest absolute Gasteiger partial charge is 0.493 e. The van der Waals surface area contributed by atoms with Crippen molar-refractivity contribution in [3.8, 4) is 11.5 Å². The maximum Gasteiger partial charge on any atom is 0.209 e. The molecule has 1 amide bonds. The molecule has 0 spiro atoms. The lowest BCUT2D eigenvalue weighted by Crippen LogP contribution is -2.54. The van der Waals surface area contributed by atoms with E-state index in [1.165, 1.54) is 0 Å². The summed E-state index contributed by atoms with van der Waals surface area (Å²) in [5.74, 6) is 1.41. The first kappa shape index (κ1) is 20.0. The van der Waals surface area contributed by atoms with E-state index < -0.39 is 11.5 Å². The number of methoxy groups -OCH3 is 1. The number of nitrogens with zero attached hydrogens (tertiary/aromatic N) is 3. The van der Waals surface area contributed by atoms with Gasteiger partial charge in [0, 0.05) is 36.0 Å². The molecular weight excluding hydrogens is 390 g/mol. The second-order valence-electron chi connectivity index (χ2n) is 8.14. The molecule has 2 fully saturated rings. The van der Waals surface area contributed by atoms with Gasteiger partial charge in [-0.05, 0) is 24.6 Å². The molecule has 0 unspecified atom stereocenters. The van der Waals surface area contributed by atoms with Gasteiger partial charge in [-0.1, -0.05) is 13.0 Å². The monoisotopic (exact) mass is 417 g/mol. The van der Waals surface area contributed by atoms with Gasteiger partial charge in [-0.3, -0.25) is 4.79 Å². The molecule has 0 aliphatic carbocycles. The van der Waals surface area contributed by atoms with E-state index in [0.29, 0.717) is 24.6 Å². The molecule has 0 saturated carbocycles. The summed E-state index contributed by atoms with van der Waals surface area (Å²) in [6, 6.07) is 5.92. The summed E-state index contributed by atoms with van der Waals surface area (Å²) in [6.45, 7) is 6.52. The molecule has 2 saturated heterocycles. The number of benzene rings is 1. The van der Waals surface area contributed by atoms with Gasteiger partial charge in [-0.15, -0.1) is 11.3 Å². The van der Waals surface area contributed by atoms with Crippen LogP contribution in [0.15, 0.2) is 29.8 Å². The molecule has 1 N–H and O–H groups in total. The van der Waals surface area contributed by atoms with E-state index in [0.717, 1.165) is 30.2 Å². The van der Waals surface area contributed by atoms with Gasteiger partial charge in [0.15, 0.2) is 16.6 Å². The SMILES string of the molecule is COc1ccc([C@@H]2CN(C=O)C[C@@]2(C)[C@@H](C)O)cc1OC1CN(c2nccs2)C1. The Labute approximate surface area is 174 Å². The highest BCUT2D eigenvalue weighted by Gasteiger charge is 2.47. The van der Waals surface area contributed by atoms with Crippen molar-refractivity contribution in [2.45, 2.75) is 32.0 Å². The predicted octanol–water partition coefficient (Wildman–Crippen LogP) is 2.36. The molecule has 0 bridgehead atoms. The smallest absolute Gasteiger partial charge is 0.209 e. The fraction of sp³-hybridized carbons (Fsp3) is 0.524. The molecule has 1 aromatic heterocycles. The van der Waals surface area contributed by atoms with Gasteiger partial charge >= 0.3 is 0 Å². The van der Waals surface area contributed by atoms with E-state index in [4.69, 9.17) is 9.47 Å². The molecule has 3 atom stereocenters. The van der Waals surface area contributed by atoms with Crippen LogP contribution in [0.3, 0.4) is 0 Å². The van der Waals surface area contributed by atoms with E-state index in [-0.39, 0.29) is 12.0 Å². The van der Waals surface area contributed by atoms with Crippen molar-refractivity contribution in [2.24, 2.45) is 5.41 Å². The molecule has 2 aromatic rings. The van der Waals surface area contributed by atoms with Crippen molar-refractivity contribution in [2.75, 3.05) is 38.2 Å². The van der Waals surface area contributed by atoms with Gasteiger partial charge in [-0.2, -0.15) is 0 Å². The van der Waals surface area contributed by atoms with E-state index in [1.807, 2.05) is 36.7 Å². The Kier molecular flexibility index (Phi) is 5.40. The molecule has 2 aliphatic heterocycles. The van der Waals surface area contributed by atoms with Gasteiger partial charge in [0.1, 0.15) is 6.10 Å². The van der Waals surface area contributed by atoms with E-state index in [9.17, 15) is 9.90 Å². The lowest BCUT2D eigenvalue weighted by atomic mass is 9.72. The number of anilines is 1. The summed E-state index contributed by atoms with van der Waals surface area (Å²) in [5, 5.41) is 13.4. The number of aromatic nitrogens is 1. The number of likely N-dealkylation sites (tertiary alicyclic amines) is 1. The highest BCUT2D eigenvalue weighted by molar-refractivity contribution is 7.13. The number of amides is 1. The first-order valence-corrected chi connectivity index (χ1v) is 10.7. The molecule has 7 nitrogen and oxygen atoms in total. The van der Waals surface area contributed by atoms with Crippen LogP contribution in [0.5, 0.6) is 11.5 Å². The number of rotatable bonds is 7. The topological polar surface area (TPSA) is 75.1 Å². The summed E-state index contributed by atoms with van der Waals surface area (Å²) in [6.07, 6.45) is 2.20. The Morgan fingerprint density at radius 3 is 2.76 bits per heavy atom. The van der Waals surface area contributed by atoms with Crippen LogP contribution in [0.4, 0.5) is 5.13 Å². The Morgan fingerprint density at radius 1 is 1.34 bits per heavy atom. The Balaban J connectivity index is 1.53. The minimum atomic E-state index is -0.539. The molecule has 0 radical (unpaired) electrons. The van der Waals surface area contributed by atoms with Crippen molar-refractivity contribution in [1.82, 2.24) is 9.88 Å². The molecule has 3 heterocycles. The highest BCUT2D eigenvalue weighted by atomic mass is 32.1. The molecule has 8 heteroatoms. The molecule has 156 valence electrons. The molecular formula is C21H27N3O4S. The van der Waals surface area contributed by atoms with E-state index in [1.54, 1.807) is 30.3 Å². The lowest BCUT2D eigenvalue weighted by Gasteiger charge is -2.39. The van der Waals surface area contributed by atoms with Gasteiger partial charge in [0.25, 0.3) is 0 Å². The first-order valence-electron chi connectivity index (χ1n) is 9.81. The second kappa shape index (κ2) is 7.84. The predicted molar refractivity (Wildman–Crippen MR) is 112 cm³/mol. The standard InChI is InChI=1S/C21H27N3O4S/c1-14(26)21(2)12-23(13-25)11-17(21)15-4-5-18(27-3)19(8-15)28-16-9-24(10-16)20-22-6-7-29-20/h4-8,13-14,16-17,26H,9-12H2,1-3H3/t14-,17+,21+/m1/s1. The zero-order valence-corrected chi connectivity index (χ0v) is 17.8. The third kappa shape index (κ3) is 3.67. The minimum Gasteiger partial charge on any atom is -0.493 e. The number of carbonyl (C=O) groups excluding carboxylic acids is 1. The number of aliphatic hydroxyl groups excluding tert-OH is 1. The van der Waals surface area contributed by atoms with Crippen LogP contribution in [-0.4, -0.2) is 66.9 Å². The normalized spacial score (nSPS) is 25.6. The Bertz CT molecular complexity index is 854. The van der Waals surface area contributed by atoms with Crippen LogP contribution in [0.1, 0.15) is 25.3 Å². The fourth-order valence-corrected chi connectivity index (χ4v) is 4.93. The van der Waals surface area contributed by atoms with Crippen LogP contribution in [-0.2, 0) is 4.79 Å². The third-order valence-corrected chi connectivity index (χ3v) is 7.11. The zero-order valence-electron chi connectivity index (χ0n) is 16.9. The van der Waals surface area contributed by atoms with Crippen molar-refractivity contribution in [1.29, 1.82) is 0 Å². The third-order valence-electron chi connectivity index (χ3n) is 6.28. The van der Waals surface area contributed by atoms with Gasteiger partial charge in [-0.25, -0.2) is 4.98 Å². The average Bonchev–Trinajstić information content (AvgIpc) is 3.32. The number of hydrogen-bond acceptors (Lipinski definition) is 7. The first-order chi connectivity index (χ1) is 13.9. The Hall–Kier alpha value is -2.32. The number of hydrogen-bond donors (Lipinski definition) is 1. The highest BCUT2D eigenvalue weighted by Crippen LogP contribution is 2.46. The summed E-state index contributed by atoms with van der Waals surface area (Å²) in [4.78, 5) is 19.6. The Morgan fingerprint density at radius 2 is 2.14 bits per heavy atom. The molecule has 2 aliphatic rings. The van der Waals surface area contributed by atoms with Crippen LogP contribution < -0.4 is 14.4 Å². The quantitative estimate of drug-likeness (QED) is 0.697. The number of aliphatic hydroxyl groups is 1. The maximum absolute atomic E-state index is 11.4.